The van der Waals surface area contributed by atoms with Crippen LogP contribution in [0.2, 0.25) is 10.0 Å². The van der Waals surface area contributed by atoms with Crippen LogP contribution in [-0.4, -0.2) is 39.9 Å². The summed E-state index contributed by atoms with van der Waals surface area (Å²) in [6.45, 7) is 6.11. The summed E-state index contributed by atoms with van der Waals surface area (Å²) in [4.78, 5) is 14.7. The lowest BCUT2D eigenvalue weighted by Crippen LogP contribution is -2.50. The zero-order valence-electron chi connectivity index (χ0n) is 19.3. The van der Waals surface area contributed by atoms with Gasteiger partial charge in [-0.2, -0.15) is 0 Å². The largest absolute Gasteiger partial charge is 0.444 e. The number of nitrogens with zero attached hydrogens (tertiary/aromatic N) is 2. The number of amides is 1. The first-order valence-corrected chi connectivity index (χ1v) is 12.5. The monoisotopic (exact) mass is 492 g/mol. The number of aromatic nitrogens is 1. The lowest BCUT2D eigenvalue weighted by molar-refractivity contribution is -0.0398. The van der Waals surface area contributed by atoms with Crippen LogP contribution in [0, 0.1) is 0 Å². The molecule has 2 aromatic rings. The van der Waals surface area contributed by atoms with E-state index in [2.05, 4.69) is 5.16 Å². The van der Waals surface area contributed by atoms with Gasteiger partial charge in [0.25, 0.3) is 0 Å². The van der Waals surface area contributed by atoms with Crippen molar-refractivity contribution in [2.75, 3.05) is 0 Å². The van der Waals surface area contributed by atoms with Crippen molar-refractivity contribution in [3.05, 3.63) is 39.6 Å². The molecule has 6 nitrogen and oxygen atoms in total. The first kappa shape index (κ1) is 23.0. The average molecular weight is 493 g/mol. The fourth-order valence-corrected chi connectivity index (χ4v) is 5.70. The van der Waals surface area contributed by atoms with E-state index in [1.165, 1.54) is 0 Å². The molecule has 2 saturated heterocycles. The molecule has 3 heterocycles. The van der Waals surface area contributed by atoms with Crippen molar-refractivity contribution in [3.8, 4) is 11.3 Å². The Morgan fingerprint density at radius 2 is 1.76 bits per heavy atom. The Labute approximate surface area is 204 Å². The summed E-state index contributed by atoms with van der Waals surface area (Å²) in [5, 5.41) is 5.44. The molecule has 33 heavy (non-hydrogen) atoms. The van der Waals surface area contributed by atoms with Crippen molar-refractivity contribution in [1.82, 2.24) is 10.1 Å². The van der Waals surface area contributed by atoms with Crippen molar-refractivity contribution in [3.63, 3.8) is 0 Å². The van der Waals surface area contributed by atoms with E-state index >= 15 is 0 Å². The molecule has 5 rings (SSSR count). The summed E-state index contributed by atoms with van der Waals surface area (Å²) in [5.41, 5.74) is 1.80. The number of piperidine rings is 1. The van der Waals surface area contributed by atoms with E-state index in [9.17, 15) is 4.79 Å². The number of ether oxygens (including phenoxy) is 2. The highest BCUT2D eigenvalue weighted by atomic mass is 35.5. The molecule has 1 unspecified atom stereocenters. The Kier molecular flexibility index (Phi) is 6.13. The molecular weight excluding hydrogens is 463 g/mol. The van der Waals surface area contributed by atoms with Crippen LogP contribution in [-0.2, 0) is 16.1 Å². The van der Waals surface area contributed by atoms with Crippen LogP contribution < -0.4 is 0 Å². The second-order valence-electron chi connectivity index (χ2n) is 10.4. The van der Waals surface area contributed by atoms with Crippen LogP contribution >= 0.6 is 23.2 Å². The third-order valence-corrected chi connectivity index (χ3v) is 7.35. The zero-order chi connectivity index (χ0) is 23.3. The Morgan fingerprint density at radius 3 is 2.33 bits per heavy atom. The Hall–Kier alpha value is -1.76. The van der Waals surface area contributed by atoms with Gasteiger partial charge in [0.1, 0.15) is 17.1 Å². The van der Waals surface area contributed by atoms with Gasteiger partial charge in [-0.15, -0.1) is 0 Å². The quantitative estimate of drug-likeness (QED) is 0.450. The molecule has 1 saturated carbocycles. The number of hydrogen-bond donors (Lipinski definition) is 0. The van der Waals surface area contributed by atoms with Gasteiger partial charge in [0, 0.05) is 29.1 Å². The molecule has 0 radical (unpaired) electrons. The molecule has 3 atom stereocenters. The predicted molar refractivity (Wildman–Crippen MR) is 127 cm³/mol. The Morgan fingerprint density at radius 1 is 1.12 bits per heavy atom. The standard InChI is InChI=1S/C25H30Cl2N2O4/c1-25(2,3)32-24(30)29-15-9-10-16(29)12-17(11-15)31-13-18-22(28-33-23(18)14-7-8-14)21-19(26)5-4-6-20(21)27/h4-6,14-17H,7-13H2,1-3H3/t15-,16+,17?. The summed E-state index contributed by atoms with van der Waals surface area (Å²) in [6.07, 6.45) is 5.64. The predicted octanol–water partition coefficient (Wildman–Crippen LogP) is 6.97. The van der Waals surface area contributed by atoms with Crippen LogP contribution in [0.3, 0.4) is 0 Å². The van der Waals surface area contributed by atoms with Gasteiger partial charge >= 0.3 is 6.09 Å². The number of carbonyl (C=O) groups is 1. The number of halogens is 2. The minimum atomic E-state index is -0.492. The van der Waals surface area contributed by atoms with Gasteiger partial charge in [0.2, 0.25) is 0 Å². The third kappa shape index (κ3) is 4.75. The van der Waals surface area contributed by atoms with E-state index in [0.29, 0.717) is 33.8 Å². The van der Waals surface area contributed by atoms with Gasteiger partial charge < -0.3 is 18.9 Å². The molecule has 0 N–H and O–H groups in total. The molecule has 1 aromatic heterocycles. The van der Waals surface area contributed by atoms with E-state index in [-0.39, 0.29) is 24.3 Å². The second-order valence-corrected chi connectivity index (χ2v) is 11.2. The van der Waals surface area contributed by atoms with Gasteiger partial charge in [-0.25, -0.2) is 4.79 Å². The molecule has 1 aliphatic carbocycles. The minimum Gasteiger partial charge on any atom is -0.444 e. The van der Waals surface area contributed by atoms with Crippen molar-refractivity contribution < 1.29 is 18.8 Å². The van der Waals surface area contributed by atoms with Crippen molar-refractivity contribution >= 4 is 29.3 Å². The maximum Gasteiger partial charge on any atom is 0.410 e. The van der Waals surface area contributed by atoms with Crippen LogP contribution in [0.5, 0.6) is 0 Å². The summed E-state index contributed by atoms with van der Waals surface area (Å²) in [5.74, 6) is 1.27. The molecule has 3 aliphatic rings. The Bertz CT molecular complexity index is 1010. The molecular formula is C25H30Cl2N2O4. The highest BCUT2D eigenvalue weighted by molar-refractivity contribution is 6.39. The minimum absolute atomic E-state index is 0.0673. The Balaban J connectivity index is 1.31. The van der Waals surface area contributed by atoms with Crippen molar-refractivity contribution in [2.45, 2.75) is 95.6 Å². The molecule has 8 heteroatoms. The molecule has 3 fully saturated rings. The maximum absolute atomic E-state index is 12.7. The highest BCUT2D eigenvalue weighted by Gasteiger charge is 2.45. The summed E-state index contributed by atoms with van der Waals surface area (Å²) in [7, 11) is 0. The number of carbonyl (C=O) groups excluding carboxylic acids is 1. The lowest BCUT2D eigenvalue weighted by atomic mass is 9.99. The molecule has 0 spiro atoms. The summed E-state index contributed by atoms with van der Waals surface area (Å²) in [6, 6.07) is 5.75. The zero-order valence-corrected chi connectivity index (χ0v) is 20.8. The van der Waals surface area contributed by atoms with Crippen LogP contribution in [0.4, 0.5) is 4.79 Å². The van der Waals surface area contributed by atoms with Crippen LogP contribution in [0.1, 0.15) is 76.5 Å². The maximum atomic E-state index is 12.7. The number of fused-ring (bicyclic) bond motifs is 2. The number of benzene rings is 1. The van der Waals surface area contributed by atoms with E-state index < -0.39 is 5.60 Å². The molecule has 2 aliphatic heterocycles. The lowest BCUT2D eigenvalue weighted by Gasteiger charge is -2.39. The first-order chi connectivity index (χ1) is 15.7. The van der Waals surface area contributed by atoms with Crippen LogP contribution in [0.25, 0.3) is 11.3 Å². The van der Waals surface area contributed by atoms with E-state index in [4.69, 9.17) is 37.2 Å². The molecule has 1 aromatic carbocycles. The van der Waals surface area contributed by atoms with Crippen molar-refractivity contribution in [2.24, 2.45) is 0 Å². The molecule has 2 bridgehead atoms. The number of rotatable bonds is 5. The number of hydrogen-bond acceptors (Lipinski definition) is 5. The van der Waals surface area contributed by atoms with Crippen molar-refractivity contribution in [1.29, 1.82) is 0 Å². The fraction of sp³-hybridized carbons (Fsp3) is 0.600. The molecule has 178 valence electrons. The fourth-order valence-electron chi connectivity index (χ4n) is 5.13. The summed E-state index contributed by atoms with van der Waals surface area (Å²) >= 11 is 12.9. The third-order valence-electron chi connectivity index (χ3n) is 6.72. The van der Waals surface area contributed by atoms with Gasteiger partial charge in [-0.1, -0.05) is 34.4 Å². The van der Waals surface area contributed by atoms with E-state index in [0.717, 1.165) is 49.8 Å². The average Bonchev–Trinajstić information content (AvgIpc) is 3.43. The second kappa shape index (κ2) is 8.79. The molecule has 1 amide bonds. The van der Waals surface area contributed by atoms with Crippen LogP contribution in [0.15, 0.2) is 22.7 Å². The van der Waals surface area contributed by atoms with Gasteiger partial charge in [0.15, 0.2) is 0 Å². The highest BCUT2D eigenvalue weighted by Crippen LogP contribution is 2.46. The van der Waals surface area contributed by atoms with Gasteiger partial charge in [-0.3, -0.25) is 0 Å². The topological polar surface area (TPSA) is 64.8 Å². The SMILES string of the molecule is CC(C)(C)OC(=O)N1[C@@H]2CC[C@H]1CC(OCc1c(-c3c(Cl)cccc3Cl)noc1C1CC1)C2. The smallest absolute Gasteiger partial charge is 0.410 e. The van der Waals surface area contributed by atoms with Gasteiger partial charge in [0.05, 0.1) is 22.8 Å². The van der Waals surface area contributed by atoms with Gasteiger partial charge in [-0.05, 0) is 71.4 Å². The first-order valence-electron chi connectivity index (χ1n) is 11.8. The summed E-state index contributed by atoms with van der Waals surface area (Å²) < 4.78 is 17.8. The normalized spacial score (nSPS) is 24.9. The van der Waals surface area contributed by atoms with E-state index in [1.807, 2.05) is 43.9 Å². The van der Waals surface area contributed by atoms with E-state index in [1.54, 1.807) is 0 Å².